The van der Waals surface area contributed by atoms with E-state index in [1.807, 2.05) is 24.3 Å². The summed E-state index contributed by atoms with van der Waals surface area (Å²) in [4.78, 5) is 14.6. The fraction of sp³-hybridized carbons (Fsp3) is 0.261. The Morgan fingerprint density at radius 2 is 1.59 bits per heavy atom. The summed E-state index contributed by atoms with van der Waals surface area (Å²) in [7, 11) is 0. The molecule has 9 heteroatoms. The first-order valence-corrected chi connectivity index (χ1v) is 10.5. The first-order chi connectivity index (χ1) is 15.3. The van der Waals surface area contributed by atoms with Gasteiger partial charge in [0.2, 0.25) is 5.91 Å². The molecule has 0 radical (unpaired) electrons. The molecule has 166 valence electrons. The van der Waals surface area contributed by atoms with Gasteiger partial charge >= 0.3 is 6.18 Å². The molecule has 1 amide bonds. The number of rotatable bonds is 4. The van der Waals surface area contributed by atoms with E-state index in [2.05, 4.69) is 20.4 Å². The maximum atomic E-state index is 12.7. The lowest BCUT2D eigenvalue weighted by molar-refractivity contribution is -0.137. The minimum absolute atomic E-state index is 0.187. The van der Waals surface area contributed by atoms with E-state index in [0.29, 0.717) is 36.6 Å². The van der Waals surface area contributed by atoms with Gasteiger partial charge in [0.15, 0.2) is 5.82 Å². The molecule has 2 heterocycles. The standard InChI is InChI=1S/C23H20ClF3N4O/c24-18-5-1-15(2-6-18)20-9-10-21(30-29-20)31-13-11-16(12-14-31)22(32)28-19-7-3-17(4-8-19)23(25,26)27/h1-10,16H,11-14H2,(H,28,32). The molecule has 0 spiro atoms. The van der Waals surface area contributed by atoms with Gasteiger partial charge in [-0.3, -0.25) is 4.79 Å². The predicted molar refractivity (Wildman–Crippen MR) is 117 cm³/mol. The summed E-state index contributed by atoms with van der Waals surface area (Å²) in [6.45, 7) is 1.28. The summed E-state index contributed by atoms with van der Waals surface area (Å²) in [5, 5.41) is 12.0. The van der Waals surface area contributed by atoms with Crippen LogP contribution in [0, 0.1) is 5.92 Å². The van der Waals surface area contributed by atoms with Crippen LogP contribution in [0.15, 0.2) is 60.7 Å². The van der Waals surface area contributed by atoms with Crippen molar-refractivity contribution in [3.63, 3.8) is 0 Å². The number of halogens is 4. The number of carbonyl (C=O) groups is 1. The molecule has 1 aromatic heterocycles. The Morgan fingerprint density at radius 3 is 2.16 bits per heavy atom. The van der Waals surface area contributed by atoms with Crippen LogP contribution in [0.4, 0.5) is 24.7 Å². The largest absolute Gasteiger partial charge is 0.416 e. The van der Waals surface area contributed by atoms with Crippen LogP contribution in [0.2, 0.25) is 5.02 Å². The van der Waals surface area contributed by atoms with E-state index in [9.17, 15) is 18.0 Å². The average Bonchev–Trinajstić information content (AvgIpc) is 2.80. The van der Waals surface area contributed by atoms with Gasteiger partial charge in [0.1, 0.15) is 0 Å². The maximum Gasteiger partial charge on any atom is 0.416 e. The van der Waals surface area contributed by atoms with Crippen LogP contribution in [0.5, 0.6) is 0 Å². The lowest BCUT2D eigenvalue weighted by Crippen LogP contribution is -2.38. The van der Waals surface area contributed by atoms with E-state index in [-0.39, 0.29) is 11.8 Å². The molecule has 0 saturated carbocycles. The molecule has 5 nitrogen and oxygen atoms in total. The number of benzene rings is 2. The van der Waals surface area contributed by atoms with Gasteiger partial charge in [0.25, 0.3) is 0 Å². The number of piperidine rings is 1. The molecule has 1 fully saturated rings. The van der Waals surface area contributed by atoms with Gasteiger partial charge in [-0.05, 0) is 61.4 Å². The molecule has 0 bridgehead atoms. The van der Waals surface area contributed by atoms with Crippen molar-refractivity contribution in [2.75, 3.05) is 23.3 Å². The van der Waals surface area contributed by atoms with E-state index in [0.717, 1.165) is 29.2 Å². The second-order valence-corrected chi connectivity index (χ2v) is 8.05. The van der Waals surface area contributed by atoms with Crippen molar-refractivity contribution in [1.82, 2.24) is 10.2 Å². The number of hydrogen-bond acceptors (Lipinski definition) is 4. The van der Waals surface area contributed by atoms with Crippen LogP contribution in [-0.4, -0.2) is 29.2 Å². The number of carbonyl (C=O) groups excluding carboxylic acids is 1. The zero-order valence-corrected chi connectivity index (χ0v) is 17.7. The van der Waals surface area contributed by atoms with E-state index in [4.69, 9.17) is 11.6 Å². The summed E-state index contributed by atoms with van der Waals surface area (Å²) in [6, 6.07) is 15.6. The third-order valence-electron chi connectivity index (χ3n) is 5.46. The Kier molecular flexibility index (Phi) is 6.32. The van der Waals surface area contributed by atoms with Crippen molar-refractivity contribution in [2.24, 2.45) is 5.92 Å². The Morgan fingerprint density at radius 1 is 0.938 bits per heavy atom. The smallest absolute Gasteiger partial charge is 0.355 e. The molecule has 1 saturated heterocycles. The molecule has 0 atom stereocenters. The Balaban J connectivity index is 1.31. The minimum atomic E-state index is -4.40. The van der Waals surface area contributed by atoms with Crippen LogP contribution in [0.3, 0.4) is 0 Å². The van der Waals surface area contributed by atoms with Gasteiger partial charge in [-0.15, -0.1) is 10.2 Å². The monoisotopic (exact) mass is 460 g/mol. The van der Waals surface area contributed by atoms with Gasteiger partial charge < -0.3 is 10.2 Å². The number of amides is 1. The molecule has 1 aliphatic rings. The van der Waals surface area contributed by atoms with Crippen molar-refractivity contribution < 1.29 is 18.0 Å². The zero-order valence-electron chi connectivity index (χ0n) is 16.9. The van der Waals surface area contributed by atoms with Crippen LogP contribution in [-0.2, 0) is 11.0 Å². The first-order valence-electron chi connectivity index (χ1n) is 10.1. The lowest BCUT2D eigenvalue weighted by Gasteiger charge is -2.31. The van der Waals surface area contributed by atoms with Gasteiger partial charge in [0.05, 0.1) is 11.3 Å². The van der Waals surface area contributed by atoms with Crippen molar-refractivity contribution >= 4 is 29.0 Å². The topological polar surface area (TPSA) is 58.1 Å². The molecule has 0 unspecified atom stereocenters. The maximum absolute atomic E-state index is 12.7. The first kappa shape index (κ1) is 22.1. The molecular formula is C23H20ClF3N4O. The quantitative estimate of drug-likeness (QED) is 0.545. The lowest BCUT2D eigenvalue weighted by atomic mass is 9.95. The van der Waals surface area contributed by atoms with Crippen LogP contribution >= 0.6 is 11.6 Å². The summed E-state index contributed by atoms with van der Waals surface area (Å²) in [5.41, 5.74) is 1.28. The predicted octanol–water partition coefficient (Wildman–Crippen LogP) is 5.67. The summed E-state index contributed by atoms with van der Waals surface area (Å²) in [6.07, 6.45) is -3.16. The number of alkyl halides is 3. The fourth-order valence-electron chi connectivity index (χ4n) is 3.63. The van der Waals surface area contributed by atoms with Gasteiger partial charge in [-0.25, -0.2) is 0 Å². The Bertz CT molecular complexity index is 1060. The second-order valence-electron chi connectivity index (χ2n) is 7.61. The summed E-state index contributed by atoms with van der Waals surface area (Å²) >= 11 is 5.92. The SMILES string of the molecule is O=C(Nc1ccc(C(F)(F)F)cc1)C1CCN(c2ccc(-c3ccc(Cl)cc3)nn2)CC1. The van der Waals surface area contributed by atoms with Gasteiger partial charge in [-0.1, -0.05) is 23.7 Å². The van der Waals surface area contributed by atoms with Crippen LogP contribution in [0.1, 0.15) is 18.4 Å². The molecule has 1 N–H and O–H groups in total. The zero-order chi connectivity index (χ0) is 22.7. The number of nitrogens with one attached hydrogen (secondary N) is 1. The van der Waals surface area contributed by atoms with Crippen LogP contribution < -0.4 is 10.2 Å². The number of aromatic nitrogens is 2. The normalized spacial score (nSPS) is 14.9. The van der Waals surface area contributed by atoms with Gasteiger partial charge in [0, 0.05) is 35.3 Å². The fourth-order valence-corrected chi connectivity index (χ4v) is 3.75. The summed E-state index contributed by atoms with van der Waals surface area (Å²) < 4.78 is 38.0. The second kappa shape index (κ2) is 9.16. The number of hydrogen-bond donors (Lipinski definition) is 1. The highest BCUT2D eigenvalue weighted by Crippen LogP contribution is 2.30. The molecule has 2 aromatic carbocycles. The minimum Gasteiger partial charge on any atom is -0.355 e. The van der Waals surface area contributed by atoms with Crippen molar-refractivity contribution in [3.05, 3.63) is 71.2 Å². The highest BCUT2D eigenvalue weighted by molar-refractivity contribution is 6.30. The third-order valence-corrected chi connectivity index (χ3v) is 5.71. The highest BCUT2D eigenvalue weighted by atomic mass is 35.5. The Labute approximate surface area is 188 Å². The molecule has 4 rings (SSSR count). The number of nitrogens with zero attached hydrogens (tertiary/aromatic N) is 3. The molecule has 32 heavy (non-hydrogen) atoms. The average molecular weight is 461 g/mol. The Hall–Kier alpha value is -3.13. The molecule has 3 aromatic rings. The molecule has 1 aliphatic heterocycles. The molecule has 0 aliphatic carbocycles. The van der Waals surface area contributed by atoms with E-state index < -0.39 is 11.7 Å². The summed E-state index contributed by atoms with van der Waals surface area (Å²) in [5.74, 6) is 0.340. The van der Waals surface area contributed by atoms with E-state index >= 15 is 0 Å². The van der Waals surface area contributed by atoms with Crippen molar-refractivity contribution in [3.8, 4) is 11.3 Å². The number of anilines is 2. The van der Waals surface area contributed by atoms with Crippen LogP contribution in [0.25, 0.3) is 11.3 Å². The van der Waals surface area contributed by atoms with Crippen molar-refractivity contribution in [2.45, 2.75) is 19.0 Å². The highest BCUT2D eigenvalue weighted by Gasteiger charge is 2.30. The van der Waals surface area contributed by atoms with E-state index in [1.165, 1.54) is 12.1 Å². The van der Waals surface area contributed by atoms with Crippen molar-refractivity contribution in [1.29, 1.82) is 0 Å². The van der Waals surface area contributed by atoms with E-state index in [1.54, 1.807) is 12.1 Å². The molecular weight excluding hydrogens is 441 g/mol. The van der Waals surface area contributed by atoms with Gasteiger partial charge in [-0.2, -0.15) is 13.2 Å². The third kappa shape index (κ3) is 5.19.